The van der Waals surface area contributed by atoms with Crippen LogP contribution in [0.2, 0.25) is 0 Å². The Labute approximate surface area is 86.8 Å². The minimum Gasteiger partial charge on any atom is -0.394 e. The number of aliphatic hydroxyl groups is 1. The van der Waals surface area contributed by atoms with Crippen molar-refractivity contribution in [1.29, 1.82) is 0 Å². The lowest BCUT2D eigenvalue weighted by molar-refractivity contribution is -0.124. The number of primary amides is 1. The average molecular weight is 217 g/mol. The molecule has 0 rings (SSSR count). The van der Waals surface area contributed by atoms with Crippen molar-refractivity contribution < 1.29 is 19.5 Å². The van der Waals surface area contributed by atoms with Crippen LogP contribution in [0.1, 0.15) is 6.42 Å². The molecule has 0 unspecified atom stereocenters. The smallest absolute Gasteiger partial charge is 0.219 e. The maximum atomic E-state index is 11.2. The van der Waals surface area contributed by atoms with Gasteiger partial charge in [0, 0.05) is 6.42 Å². The maximum Gasteiger partial charge on any atom is 0.219 e. The molecule has 0 saturated heterocycles. The zero-order chi connectivity index (χ0) is 11.8. The quantitative estimate of drug-likeness (QED) is 0.318. The van der Waals surface area contributed by atoms with E-state index in [0.717, 1.165) is 0 Å². The molecule has 0 aliphatic heterocycles. The summed E-state index contributed by atoms with van der Waals surface area (Å²) >= 11 is 0. The Morgan fingerprint density at radius 3 is 2.47 bits per heavy atom. The van der Waals surface area contributed by atoms with Gasteiger partial charge in [0.1, 0.15) is 6.29 Å². The summed E-state index contributed by atoms with van der Waals surface area (Å²) in [4.78, 5) is 31.9. The summed E-state index contributed by atoms with van der Waals surface area (Å²) in [6.45, 7) is -0.583. The zero-order valence-electron chi connectivity index (χ0n) is 8.18. The number of hydrogen-bond acceptors (Lipinski definition) is 6. The highest BCUT2D eigenvalue weighted by Crippen LogP contribution is 1.89. The van der Waals surface area contributed by atoms with E-state index >= 15 is 0 Å². The van der Waals surface area contributed by atoms with Crippen molar-refractivity contribution in [1.82, 2.24) is 5.32 Å². The van der Waals surface area contributed by atoms with Gasteiger partial charge in [0.25, 0.3) is 0 Å². The lowest BCUT2D eigenvalue weighted by Crippen LogP contribution is -2.44. The number of amides is 1. The average Bonchev–Trinajstić information content (AvgIpc) is 2.18. The first kappa shape index (κ1) is 13.7. The molecule has 1 amide bonds. The number of hydrogen-bond donors (Lipinski definition) is 4. The number of nitrogens with one attached hydrogen (secondary N) is 1. The predicted octanol–water partition coefficient (Wildman–Crippen LogP) is -3.09. The van der Waals surface area contributed by atoms with E-state index in [2.05, 4.69) is 5.32 Å². The normalized spacial score (nSPS) is 14.3. The topological polar surface area (TPSA) is 136 Å². The van der Waals surface area contributed by atoms with Crippen LogP contribution in [0.4, 0.5) is 0 Å². The fraction of sp³-hybridized carbons (Fsp3) is 0.625. The monoisotopic (exact) mass is 217 g/mol. The molecule has 7 heteroatoms. The molecule has 2 atom stereocenters. The molecule has 0 aromatic carbocycles. The number of nitrogens with two attached hydrogens (primary N) is 2. The minimum absolute atomic E-state index is 0.182. The number of carbonyl (C=O) groups excluding carboxylic acids is 3. The van der Waals surface area contributed by atoms with Gasteiger partial charge < -0.3 is 21.4 Å². The van der Waals surface area contributed by atoms with E-state index in [-0.39, 0.29) is 13.0 Å². The summed E-state index contributed by atoms with van der Waals surface area (Å²) < 4.78 is 0. The molecule has 6 N–H and O–H groups in total. The maximum absolute atomic E-state index is 11.2. The van der Waals surface area contributed by atoms with Crippen LogP contribution < -0.4 is 16.8 Å². The van der Waals surface area contributed by atoms with Gasteiger partial charge in [0.05, 0.1) is 25.2 Å². The van der Waals surface area contributed by atoms with Gasteiger partial charge in [-0.1, -0.05) is 0 Å². The lowest BCUT2D eigenvalue weighted by Gasteiger charge is -2.11. The molecule has 7 nitrogen and oxygen atoms in total. The Morgan fingerprint density at radius 1 is 1.47 bits per heavy atom. The summed E-state index contributed by atoms with van der Waals surface area (Å²) in [6.07, 6.45) is 0.248. The molecule has 0 saturated carbocycles. The molecule has 0 radical (unpaired) electrons. The van der Waals surface area contributed by atoms with Crippen LogP contribution in [0, 0.1) is 0 Å². The third kappa shape index (κ3) is 5.89. The standard InChI is InChI=1S/C8H15N3O4/c9-6(1-8(10)15)7(14)2-11-5(3-12)4-13/h3,5-6,11,13H,1-2,4,9H2,(H2,10,15)/t5-,6+/m1/s1. The second-order valence-electron chi connectivity index (χ2n) is 3.05. The predicted molar refractivity (Wildman–Crippen MR) is 51.7 cm³/mol. The van der Waals surface area contributed by atoms with Crippen molar-refractivity contribution in [2.75, 3.05) is 13.2 Å². The Morgan fingerprint density at radius 2 is 2.07 bits per heavy atom. The summed E-state index contributed by atoms with van der Waals surface area (Å²) in [6, 6.07) is -1.77. The van der Waals surface area contributed by atoms with E-state index in [9.17, 15) is 14.4 Å². The fourth-order valence-electron chi connectivity index (χ4n) is 0.849. The van der Waals surface area contributed by atoms with Crippen molar-refractivity contribution >= 4 is 18.0 Å². The second-order valence-corrected chi connectivity index (χ2v) is 3.05. The van der Waals surface area contributed by atoms with Gasteiger partial charge in [-0.3, -0.25) is 14.9 Å². The molecule has 0 spiro atoms. The SMILES string of the molecule is NC(=O)C[C@H](N)C(=O)CN[C@H](C=O)CO. The summed E-state index contributed by atoms with van der Waals surface area (Å²) in [5.41, 5.74) is 10.2. The molecule has 15 heavy (non-hydrogen) atoms. The van der Waals surface area contributed by atoms with Gasteiger partial charge in [0.15, 0.2) is 5.78 Å². The van der Waals surface area contributed by atoms with Gasteiger partial charge in [-0.2, -0.15) is 0 Å². The minimum atomic E-state index is -0.971. The van der Waals surface area contributed by atoms with E-state index in [0.29, 0.717) is 6.29 Å². The highest BCUT2D eigenvalue weighted by molar-refractivity contribution is 5.90. The molecule has 0 bridgehead atoms. The number of Topliss-reactive ketones (excluding diaryl/α,β-unsaturated/α-hetero) is 1. The Bertz CT molecular complexity index is 244. The van der Waals surface area contributed by atoms with Gasteiger partial charge in [-0.05, 0) is 0 Å². The van der Waals surface area contributed by atoms with Crippen LogP contribution in [0.3, 0.4) is 0 Å². The molecule has 0 heterocycles. The van der Waals surface area contributed by atoms with E-state index in [1.165, 1.54) is 0 Å². The first-order valence-electron chi connectivity index (χ1n) is 4.37. The Balaban J connectivity index is 3.91. The molecule has 0 aliphatic rings. The number of aliphatic hydroxyl groups excluding tert-OH is 1. The molecule has 0 fully saturated rings. The molecular formula is C8H15N3O4. The van der Waals surface area contributed by atoms with E-state index < -0.39 is 30.4 Å². The van der Waals surface area contributed by atoms with Gasteiger partial charge >= 0.3 is 0 Å². The van der Waals surface area contributed by atoms with Crippen LogP contribution in [-0.4, -0.2) is 48.3 Å². The molecular weight excluding hydrogens is 202 g/mol. The summed E-state index contributed by atoms with van der Waals surface area (Å²) in [5, 5.41) is 11.1. The Hall–Kier alpha value is -1.31. The van der Waals surface area contributed by atoms with Gasteiger partial charge in [-0.25, -0.2) is 0 Å². The highest BCUT2D eigenvalue weighted by Gasteiger charge is 2.16. The van der Waals surface area contributed by atoms with Crippen molar-refractivity contribution in [3.63, 3.8) is 0 Å². The zero-order valence-corrected chi connectivity index (χ0v) is 8.18. The summed E-state index contributed by atoms with van der Waals surface area (Å²) in [5.74, 6) is -1.10. The Kier molecular flexibility index (Phi) is 6.43. The number of ketones is 1. The van der Waals surface area contributed by atoms with Crippen LogP contribution in [0.5, 0.6) is 0 Å². The molecule has 0 aliphatic carbocycles. The number of rotatable bonds is 8. The van der Waals surface area contributed by atoms with Gasteiger partial charge in [0.2, 0.25) is 5.91 Å². The van der Waals surface area contributed by atoms with Crippen molar-refractivity contribution in [2.45, 2.75) is 18.5 Å². The fourth-order valence-corrected chi connectivity index (χ4v) is 0.849. The van der Waals surface area contributed by atoms with Crippen molar-refractivity contribution in [3.8, 4) is 0 Å². The van der Waals surface area contributed by atoms with Crippen LogP contribution in [0.25, 0.3) is 0 Å². The van der Waals surface area contributed by atoms with Crippen LogP contribution >= 0.6 is 0 Å². The first-order chi connectivity index (χ1) is 7.01. The first-order valence-corrected chi connectivity index (χ1v) is 4.37. The number of carbonyl (C=O) groups is 3. The van der Waals surface area contributed by atoms with Crippen LogP contribution in [-0.2, 0) is 14.4 Å². The molecule has 0 aromatic heterocycles. The van der Waals surface area contributed by atoms with E-state index in [1.807, 2.05) is 0 Å². The van der Waals surface area contributed by atoms with E-state index in [4.69, 9.17) is 16.6 Å². The van der Waals surface area contributed by atoms with Crippen molar-refractivity contribution in [3.05, 3.63) is 0 Å². The third-order valence-corrected chi connectivity index (χ3v) is 1.73. The second kappa shape index (κ2) is 7.04. The highest BCUT2D eigenvalue weighted by atomic mass is 16.3. The number of aldehydes is 1. The van der Waals surface area contributed by atoms with E-state index in [1.54, 1.807) is 0 Å². The van der Waals surface area contributed by atoms with Crippen molar-refractivity contribution in [2.24, 2.45) is 11.5 Å². The largest absolute Gasteiger partial charge is 0.394 e. The lowest BCUT2D eigenvalue weighted by atomic mass is 10.1. The van der Waals surface area contributed by atoms with Crippen LogP contribution in [0.15, 0.2) is 0 Å². The summed E-state index contributed by atoms with van der Waals surface area (Å²) in [7, 11) is 0. The molecule has 86 valence electrons. The molecule has 0 aromatic rings. The van der Waals surface area contributed by atoms with Gasteiger partial charge in [-0.15, -0.1) is 0 Å². The third-order valence-electron chi connectivity index (χ3n) is 1.73.